The molecule has 2 saturated carbocycles. The van der Waals surface area contributed by atoms with E-state index in [2.05, 4.69) is 4.90 Å². The van der Waals surface area contributed by atoms with Crippen molar-refractivity contribution in [1.82, 2.24) is 9.80 Å². The first kappa shape index (κ1) is 23.2. The van der Waals surface area contributed by atoms with Crippen molar-refractivity contribution in [1.29, 1.82) is 0 Å². The van der Waals surface area contributed by atoms with E-state index in [1.54, 1.807) is 36.2 Å². The molecule has 2 N–H and O–H groups in total. The number of hydrogen-bond donors (Lipinski definition) is 2. The van der Waals surface area contributed by atoms with Gasteiger partial charge in [0.15, 0.2) is 11.5 Å². The molecule has 1 saturated heterocycles. The van der Waals surface area contributed by atoms with Gasteiger partial charge in [-0.05, 0) is 86.4 Å². The van der Waals surface area contributed by atoms with Crippen molar-refractivity contribution in [2.45, 2.75) is 67.7 Å². The second kappa shape index (κ2) is 8.05. The van der Waals surface area contributed by atoms with Gasteiger partial charge in [0.25, 0.3) is 0 Å². The molecule has 2 bridgehead atoms. The Morgan fingerprint density at radius 2 is 2.08 bits per heavy atom. The minimum atomic E-state index is -0.978. The van der Waals surface area contributed by atoms with Gasteiger partial charge in [-0.1, -0.05) is 18.2 Å². The Morgan fingerprint density at radius 1 is 1.24 bits per heavy atom. The third kappa shape index (κ3) is 3.26. The number of piperidine rings is 1. The number of carbonyl (C=O) groups is 1. The van der Waals surface area contributed by atoms with Crippen molar-refractivity contribution >= 4 is 12.0 Å². The number of rotatable bonds is 5. The van der Waals surface area contributed by atoms with Crippen molar-refractivity contribution in [2.24, 2.45) is 5.92 Å². The molecule has 37 heavy (non-hydrogen) atoms. The van der Waals surface area contributed by atoms with Crippen molar-refractivity contribution in [3.63, 3.8) is 0 Å². The van der Waals surface area contributed by atoms with Crippen molar-refractivity contribution in [3.8, 4) is 11.5 Å². The lowest BCUT2D eigenvalue weighted by atomic mass is 9.48. The number of amides is 1. The summed E-state index contributed by atoms with van der Waals surface area (Å²) in [6, 6.07) is 9.58. The molecule has 2 aliphatic heterocycles. The van der Waals surface area contributed by atoms with Gasteiger partial charge in [-0.25, -0.2) is 4.39 Å². The van der Waals surface area contributed by atoms with Crippen LogP contribution in [0.25, 0.3) is 6.08 Å². The number of likely N-dealkylation sites (N-methyl/N-ethyl adjacent to an activating group) is 1. The van der Waals surface area contributed by atoms with Crippen LogP contribution in [0.15, 0.2) is 42.5 Å². The van der Waals surface area contributed by atoms with Crippen LogP contribution in [0.1, 0.15) is 48.8 Å². The number of aliphatic hydroxyl groups is 1. The molecule has 7 rings (SSSR count). The van der Waals surface area contributed by atoms with Crippen LogP contribution in [-0.4, -0.2) is 69.8 Å². The number of halogens is 1. The summed E-state index contributed by atoms with van der Waals surface area (Å²) in [4.78, 5) is 17.5. The Labute approximate surface area is 216 Å². The predicted octanol–water partition coefficient (Wildman–Crippen LogP) is 3.64. The van der Waals surface area contributed by atoms with Crippen molar-refractivity contribution < 1.29 is 24.1 Å². The summed E-state index contributed by atoms with van der Waals surface area (Å²) < 4.78 is 20.2. The van der Waals surface area contributed by atoms with Crippen LogP contribution in [0, 0.1) is 11.7 Å². The van der Waals surface area contributed by atoms with E-state index >= 15 is 0 Å². The Bertz CT molecular complexity index is 1310. The maximum absolute atomic E-state index is 13.6. The van der Waals surface area contributed by atoms with E-state index in [1.807, 2.05) is 6.07 Å². The van der Waals surface area contributed by atoms with E-state index in [1.165, 1.54) is 31.1 Å². The fourth-order valence-electron chi connectivity index (χ4n) is 7.91. The van der Waals surface area contributed by atoms with E-state index in [9.17, 15) is 19.4 Å². The Morgan fingerprint density at radius 3 is 2.86 bits per heavy atom. The molecule has 0 radical (unpaired) electrons. The van der Waals surface area contributed by atoms with E-state index in [0.717, 1.165) is 43.0 Å². The molecule has 2 aromatic carbocycles. The van der Waals surface area contributed by atoms with Gasteiger partial charge in [-0.2, -0.15) is 0 Å². The second-order valence-corrected chi connectivity index (χ2v) is 11.7. The number of phenols is 1. The highest BCUT2D eigenvalue weighted by Crippen LogP contribution is 2.66. The van der Waals surface area contributed by atoms with E-state index in [4.69, 9.17) is 4.74 Å². The third-order valence-corrected chi connectivity index (χ3v) is 9.84. The molecule has 1 amide bonds. The molecule has 6 nitrogen and oxygen atoms in total. The molecule has 0 aromatic heterocycles. The van der Waals surface area contributed by atoms with Crippen LogP contribution in [-0.2, 0) is 16.6 Å². The lowest BCUT2D eigenvalue weighted by Crippen LogP contribution is -2.78. The fourth-order valence-corrected chi connectivity index (χ4v) is 7.91. The average molecular weight is 505 g/mol. The van der Waals surface area contributed by atoms with Crippen LogP contribution in [0.3, 0.4) is 0 Å². The molecule has 2 unspecified atom stereocenters. The first-order valence-corrected chi connectivity index (χ1v) is 13.5. The molecule has 3 fully saturated rings. The fraction of sp³-hybridized carbons (Fsp3) is 0.500. The molecule has 1 spiro atoms. The topological polar surface area (TPSA) is 73.2 Å². The molecule has 5 aliphatic rings. The number of hydrogen-bond acceptors (Lipinski definition) is 5. The standard InChI is InChI=1S/C30H33FN2O4/c1-32(25(35)10-7-18-3-2-4-21(31)15-18)22-11-12-30(36)24-16-20-8-9-23(34)27-26(20)29(30,28(22)37-27)13-14-33(24)17-19-5-6-19/h2-4,7-10,15,19,22,24,28,34,36H,5-6,11-14,16-17H2,1H3/b10-7+/t22?,24-,28?,29+,30-/m1/s1. The zero-order valence-electron chi connectivity index (χ0n) is 21.1. The van der Waals surface area contributed by atoms with Crippen LogP contribution >= 0.6 is 0 Å². The Kier molecular flexibility index (Phi) is 5.05. The van der Waals surface area contributed by atoms with Gasteiger partial charge >= 0.3 is 0 Å². The average Bonchev–Trinajstić information content (AvgIpc) is 3.62. The number of ether oxygens (including phenoxy) is 1. The maximum Gasteiger partial charge on any atom is 0.246 e. The van der Waals surface area contributed by atoms with Crippen molar-refractivity contribution in [2.75, 3.05) is 20.1 Å². The summed E-state index contributed by atoms with van der Waals surface area (Å²) in [6.07, 6.45) is 7.85. The predicted molar refractivity (Wildman–Crippen MR) is 137 cm³/mol. The first-order chi connectivity index (χ1) is 17.8. The van der Waals surface area contributed by atoms with Crippen LogP contribution in [0.5, 0.6) is 11.5 Å². The lowest BCUT2D eigenvalue weighted by Gasteiger charge is -2.64. The van der Waals surface area contributed by atoms with Gasteiger partial charge in [0.05, 0.1) is 17.1 Å². The van der Waals surface area contributed by atoms with E-state index in [0.29, 0.717) is 24.2 Å². The molecule has 7 heteroatoms. The summed E-state index contributed by atoms with van der Waals surface area (Å²) >= 11 is 0. The van der Waals surface area contributed by atoms with Gasteiger partial charge in [0, 0.05) is 31.3 Å². The van der Waals surface area contributed by atoms with Crippen molar-refractivity contribution in [3.05, 3.63) is 65.0 Å². The maximum atomic E-state index is 13.6. The smallest absolute Gasteiger partial charge is 0.246 e. The zero-order valence-corrected chi connectivity index (χ0v) is 21.1. The monoisotopic (exact) mass is 504 g/mol. The van der Waals surface area contributed by atoms with Crippen LogP contribution < -0.4 is 4.74 Å². The highest BCUT2D eigenvalue weighted by Gasteiger charge is 2.73. The Balaban J connectivity index is 1.25. The summed E-state index contributed by atoms with van der Waals surface area (Å²) in [5.41, 5.74) is 1.09. The second-order valence-electron chi connectivity index (χ2n) is 11.7. The minimum absolute atomic E-state index is 0.00535. The zero-order chi connectivity index (χ0) is 25.5. The van der Waals surface area contributed by atoms with Crippen LogP contribution in [0.2, 0.25) is 0 Å². The molecular formula is C30H33FN2O4. The first-order valence-electron chi connectivity index (χ1n) is 13.5. The van der Waals surface area contributed by atoms with Crippen LogP contribution in [0.4, 0.5) is 4.39 Å². The largest absolute Gasteiger partial charge is 0.504 e. The number of carbonyl (C=O) groups excluding carboxylic acids is 1. The third-order valence-electron chi connectivity index (χ3n) is 9.84. The molecule has 194 valence electrons. The normalized spacial score (nSPS) is 33.8. The van der Waals surface area contributed by atoms with E-state index in [-0.39, 0.29) is 29.6 Å². The van der Waals surface area contributed by atoms with Gasteiger partial charge in [0.1, 0.15) is 11.9 Å². The summed E-state index contributed by atoms with van der Waals surface area (Å²) in [5.74, 6) is 0.774. The van der Waals surface area contributed by atoms with E-state index < -0.39 is 17.1 Å². The molecular weight excluding hydrogens is 471 g/mol. The van der Waals surface area contributed by atoms with Gasteiger partial charge in [-0.15, -0.1) is 0 Å². The molecule has 3 aliphatic carbocycles. The minimum Gasteiger partial charge on any atom is -0.504 e. The number of aromatic hydroxyl groups is 1. The Hall–Kier alpha value is -2.90. The summed E-state index contributed by atoms with van der Waals surface area (Å²) in [7, 11) is 1.78. The summed E-state index contributed by atoms with van der Waals surface area (Å²) in [6.45, 7) is 1.91. The number of benzene rings is 2. The highest BCUT2D eigenvalue weighted by atomic mass is 19.1. The highest BCUT2D eigenvalue weighted by molar-refractivity contribution is 5.92. The molecule has 2 aromatic rings. The van der Waals surface area contributed by atoms with Gasteiger partial charge < -0.3 is 19.8 Å². The quantitative estimate of drug-likeness (QED) is 0.609. The molecule has 2 heterocycles. The lowest BCUT2D eigenvalue weighted by molar-refractivity contribution is -0.200. The number of likely N-dealkylation sites (tertiary alicyclic amines) is 1. The number of nitrogens with zero attached hydrogens (tertiary/aromatic N) is 2. The van der Waals surface area contributed by atoms with Gasteiger partial charge in [0.2, 0.25) is 5.91 Å². The SMILES string of the molecule is CN(C(=O)/C=C/c1cccc(F)c1)C1CC[C@@]2(O)[C@H]3Cc4ccc(O)c5c4[C@@]2(CCN3CC2CC2)C1O5. The van der Waals surface area contributed by atoms with Gasteiger partial charge in [-0.3, -0.25) is 9.69 Å². The molecule has 5 atom stereocenters. The summed E-state index contributed by atoms with van der Waals surface area (Å²) in [5, 5.41) is 23.4. The number of phenolic OH excluding ortho intramolecular Hbond substituents is 1.